The lowest BCUT2D eigenvalue weighted by Crippen LogP contribution is -2.05. The number of aromatic nitrogens is 1. The van der Waals surface area contributed by atoms with Gasteiger partial charge in [0.15, 0.2) is 0 Å². The molecule has 0 radical (unpaired) electrons. The summed E-state index contributed by atoms with van der Waals surface area (Å²) in [5, 5.41) is 0. The number of rotatable bonds is 7. The van der Waals surface area contributed by atoms with E-state index in [1.807, 2.05) is 0 Å². The van der Waals surface area contributed by atoms with Gasteiger partial charge in [-0.1, -0.05) is 135 Å². The fraction of sp³-hybridized carbons (Fsp3) is 0.327. The highest BCUT2D eigenvalue weighted by Crippen LogP contribution is 2.40. The third-order valence-electron chi connectivity index (χ3n) is 11.9. The van der Waals surface area contributed by atoms with Crippen molar-refractivity contribution in [1.29, 1.82) is 0 Å². The normalized spacial score (nSPS) is 17.9. The quantitative estimate of drug-likeness (QED) is 0.179. The lowest BCUT2D eigenvalue weighted by Gasteiger charge is -2.22. The van der Waals surface area contributed by atoms with Gasteiger partial charge in [-0.2, -0.15) is 0 Å². The highest BCUT2D eigenvalue weighted by atomic mass is 14.8. The fourth-order valence-corrected chi connectivity index (χ4v) is 8.97. The van der Waals surface area contributed by atoms with Crippen molar-refractivity contribution in [2.24, 2.45) is 4.99 Å². The van der Waals surface area contributed by atoms with Crippen molar-refractivity contribution in [3.63, 3.8) is 0 Å². The van der Waals surface area contributed by atoms with Gasteiger partial charge in [0, 0.05) is 28.1 Å². The van der Waals surface area contributed by atoms with Crippen LogP contribution in [0.5, 0.6) is 0 Å². The highest BCUT2D eigenvalue weighted by molar-refractivity contribution is 6.19. The van der Waals surface area contributed by atoms with Gasteiger partial charge in [-0.3, -0.25) is 0 Å². The van der Waals surface area contributed by atoms with Gasteiger partial charge in [0.2, 0.25) is 0 Å². The summed E-state index contributed by atoms with van der Waals surface area (Å²) in [6, 6.07) is 34.6. The van der Waals surface area contributed by atoms with Crippen LogP contribution in [0.2, 0.25) is 0 Å². The fourth-order valence-electron chi connectivity index (χ4n) is 8.97. The number of nitrogens with one attached hydrogen (secondary N) is 1. The van der Waals surface area contributed by atoms with E-state index in [1.54, 1.807) is 0 Å². The minimum absolute atomic E-state index is 0.698. The summed E-state index contributed by atoms with van der Waals surface area (Å²) in [4.78, 5) is 9.28. The Morgan fingerprint density at radius 2 is 1.08 bits per heavy atom. The predicted molar refractivity (Wildman–Crippen MR) is 218 cm³/mol. The van der Waals surface area contributed by atoms with E-state index in [-0.39, 0.29) is 0 Å². The van der Waals surface area contributed by atoms with Crippen molar-refractivity contribution in [3.8, 4) is 22.4 Å². The van der Waals surface area contributed by atoms with E-state index in [9.17, 15) is 0 Å². The first-order valence-electron chi connectivity index (χ1n) is 19.5. The molecule has 0 saturated heterocycles. The van der Waals surface area contributed by atoms with Crippen molar-refractivity contribution in [1.82, 2.24) is 4.98 Å². The third kappa shape index (κ3) is 7.11. The number of benzene rings is 4. The molecular formula is C49H52N2. The highest BCUT2D eigenvalue weighted by Gasteiger charge is 2.23. The molecule has 1 aliphatic heterocycles. The standard InChI is InChI=1S/C49H52N2/c1-32-15-25-42(34(3)27-32)44-29-46(40-21-17-38(18-22-40)36-11-7-5-8-12-36)50-48(44)31-49-45(43-26-16-33(2)28-35(43)4)30-47(51-49)41-23-19-39(20-24-41)37-13-9-6-10-14-37/h15-31,36-37,50H,5-14H2,1-4H3/b49-31-. The maximum atomic E-state index is 5.40. The Morgan fingerprint density at radius 3 is 1.63 bits per heavy atom. The van der Waals surface area contributed by atoms with Crippen LogP contribution in [0.4, 0.5) is 0 Å². The van der Waals surface area contributed by atoms with E-state index in [0.29, 0.717) is 11.8 Å². The molecule has 0 bridgehead atoms. The summed E-state index contributed by atoms with van der Waals surface area (Å²) in [7, 11) is 0. The number of H-pyrrole nitrogens is 1. The summed E-state index contributed by atoms with van der Waals surface area (Å²) in [5.41, 5.74) is 19.7. The first-order chi connectivity index (χ1) is 24.9. The van der Waals surface area contributed by atoms with E-state index in [1.165, 1.54) is 131 Å². The summed E-state index contributed by atoms with van der Waals surface area (Å²) in [6.07, 6.45) is 18.1. The average molecular weight is 669 g/mol. The van der Waals surface area contributed by atoms with E-state index >= 15 is 0 Å². The monoisotopic (exact) mass is 668 g/mol. The van der Waals surface area contributed by atoms with Gasteiger partial charge in [-0.15, -0.1) is 0 Å². The average Bonchev–Trinajstić information content (AvgIpc) is 3.77. The van der Waals surface area contributed by atoms with Gasteiger partial charge in [-0.05, 0) is 122 Å². The van der Waals surface area contributed by atoms with E-state index in [0.717, 1.165) is 22.8 Å². The lowest BCUT2D eigenvalue weighted by molar-refractivity contribution is 0.443. The maximum Gasteiger partial charge on any atom is 0.0737 e. The molecular weight excluding hydrogens is 617 g/mol. The van der Waals surface area contributed by atoms with Crippen LogP contribution >= 0.6 is 0 Å². The van der Waals surface area contributed by atoms with Crippen molar-refractivity contribution in [2.45, 2.75) is 104 Å². The third-order valence-corrected chi connectivity index (χ3v) is 11.9. The predicted octanol–water partition coefficient (Wildman–Crippen LogP) is 13.6. The van der Waals surface area contributed by atoms with Crippen LogP contribution < -0.4 is 0 Å². The Hall–Kier alpha value is -4.69. The van der Waals surface area contributed by atoms with E-state index in [2.05, 4.69) is 136 Å². The zero-order valence-corrected chi connectivity index (χ0v) is 31.0. The first kappa shape index (κ1) is 33.5. The molecule has 0 atom stereocenters. The van der Waals surface area contributed by atoms with Gasteiger partial charge >= 0.3 is 0 Å². The van der Waals surface area contributed by atoms with E-state index in [4.69, 9.17) is 4.99 Å². The Bertz CT molecular complexity index is 2120. The lowest BCUT2D eigenvalue weighted by atomic mass is 9.84. The van der Waals surface area contributed by atoms with Gasteiger partial charge in [-0.25, -0.2) is 4.99 Å². The van der Waals surface area contributed by atoms with E-state index < -0.39 is 0 Å². The molecule has 2 saturated carbocycles. The summed E-state index contributed by atoms with van der Waals surface area (Å²) in [5.74, 6) is 1.40. The molecule has 4 aromatic carbocycles. The molecule has 2 heteroatoms. The number of aromatic amines is 1. The number of nitrogens with zero attached hydrogens (tertiary/aromatic N) is 1. The number of allylic oxidation sites excluding steroid dienone is 2. The number of hydrogen-bond donors (Lipinski definition) is 1. The maximum absolute atomic E-state index is 5.40. The number of hydrogen-bond acceptors (Lipinski definition) is 1. The van der Waals surface area contributed by atoms with Crippen LogP contribution in [0.25, 0.3) is 34.0 Å². The Labute approximate surface area is 305 Å². The van der Waals surface area contributed by atoms with Gasteiger partial charge < -0.3 is 4.98 Å². The van der Waals surface area contributed by atoms with Crippen molar-refractivity contribution >= 4 is 17.4 Å². The molecule has 2 nitrogen and oxygen atoms in total. The Balaban J connectivity index is 1.21. The smallest absolute Gasteiger partial charge is 0.0737 e. The van der Waals surface area contributed by atoms with Crippen LogP contribution in [0.1, 0.15) is 126 Å². The second-order valence-electron chi connectivity index (χ2n) is 15.6. The number of aryl methyl sites for hydroxylation is 4. The largest absolute Gasteiger partial charge is 0.354 e. The van der Waals surface area contributed by atoms with Gasteiger partial charge in [0.1, 0.15) is 0 Å². The summed E-state index contributed by atoms with van der Waals surface area (Å²) < 4.78 is 0. The molecule has 2 aliphatic carbocycles. The molecule has 5 aromatic rings. The van der Waals surface area contributed by atoms with Crippen molar-refractivity contribution in [2.75, 3.05) is 0 Å². The second kappa shape index (κ2) is 14.5. The molecule has 8 rings (SSSR count). The van der Waals surface area contributed by atoms with Crippen LogP contribution in [0.15, 0.2) is 108 Å². The van der Waals surface area contributed by atoms with Crippen molar-refractivity contribution in [3.05, 3.63) is 153 Å². The molecule has 0 unspecified atom stereocenters. The van der Waals surface area contributed by atoms with Gasteiger partial charge in [0.05, 0.1) is 11.4 Å². The molecule has 0 spiro atoms. The Morgan fingerprint density at radius 1 is 0.549 bits per heavy atom. The molecule has 2 fully saturated rings. The number of aliphatic imine (C=N–C) groups is 1. The van der Waals surface area contributed by atoms with Crippen LogP contribution in [0.3, 0.4) is 0 Å². The molecule has 1 N–H and O–H groups in total. The molecule has 51 heavy (non-hydrogen) atoms. The van der Waals surface area contributed by atoms with Crippen molar-refractivity contribution < 1.29 is 0 Å². The minimum Gasteiger partial charge on any atom is -0.354 e. The van der Waals surface area contributed by atoms with Crippen LogP contribution in [-0.2, 0) is 0 Å². The molecule has 3 aliphatic rings. The van der Waals surface area contributed by atoms with Crippen LogP contribution in [-0.4, -0.2) is 10.7 Å². The zero-order chi connectivity index (χ0) is 34.9. The SMILES string of the molecule is Cc1ccc(C2=CC(c3ccc(C4CCCCC4)cc3)=N/C2=C\c2[nH]c(-c3ccc(C4CCCCC4)cc3)cc2-c2ccc(C)cc2C)c(C)c1. The molecule has 2 heterocycles. The zero-order valence-electron chi connectivity index (χ0n) is 31.0. The first-order valence-corrected chi connectivity index (χ1v) is 19.5. The molecule has 0 amide bonds. The summed E-state index contributed by atoms with van der Waals surface area (Å²) in [6.45, 7) is 8.80. The second-order valence-corrected chi connectivity index (χ2v) is 15.6. The van der Waals surface area contributed by atoms with Gasteiger partial charge in [0.25, 0.3) is 0 Å². The summed E-state index contributed by atoms with van der Waals surface area (Å²) >= 11 is 0. The topological polar surface area (TPSA) is 28.1 Å². The minimum atomic E-state index is 0.698. The molecule has 258 valence electrons. The molecule has 1 aromatic heterocycles. The van der Waals surface area contributed by atoms with Crippen LogP contribution in [0, 0.1) is 27.7 Å². The Kier molecular flexibility index (Phi) is 9.52.